The van der Waals surface area contributed by atoms with Crippen LogP contribution in [0.3, 0.4) is 0 Å². The molecule has 0 bridgehead atoms. The average molecular weight is 577 g/mol. The van der Waals surface area contributed by atoms with Crippen molar-refractivity contribution in [3.63, 3.8) is 0 Å². The minimum Gasteiger partial charge on any atom is -0.480 e. The number of imidazole rings is 1. The van der Waals surface area contributed by atoms with Crippen LogP contribution in [0.2, 0.25) is 0 Å². The van der Waals surface area contributed by atoms with E-state index in [4.69, 9.17) is 9.40 Å². The van der Waals surface area contributed by atoms with Crippen molar-refractivity contribution in [1.29, 1.82) is 0 Å². The van der Waals surface area contributed by atoms with E-state index < -0.39 is 17.9 Å². The number of nitrogens with one attached hydrogen (secondary N) is 2. The van der Waals surface area contributed by atoms with Crippen LogP contribution in [0.25, 0.3) is 22.4 Å². The van der Waals surface area contributed by atoms with Crippen LogP contribution in [0.1, 0.15) is 64.4 Å². The molecule has 9 nitrogen and oxygen atoms in total. The van der Waals surface area contributed by atoms with Gasteiger partial charge in [-0.2, -0.15) is 0 Å². The van der Waals surface area contributed by atoms with Crippen LogP contribution in [0, 0.1) is 0 Å². The average Bonchev–Trinajstić information content (AvgIpc) is 3.70. The Hall–Kier alpha value is -5.18. The maximum atomic E-state index is 13.3. The largest absolute Gasteiger partial charge is 0.480 e. The summed E-state index contributed by atoms with van der Waals surface area (Å²) in [4.78, 5) is 42.7. The second-order valence-corrected chi connectivity index (χ2v) is 10.9. The SMILES string of the molecule is O=C(Nc1ccc(CC(NC(=O)c2ccc3c(c2)nc(-c2ccoc2)n3C2CCCCC2)C(=O)O)cc1)c1ccccc1. The van der Waals surface area contributed by atoms with Gasteiger partial charge in [0.2, 0.25) is 0 Å². The minimum absolute atomic E-state index is 0.0805. The first-order valence-electron chi connectivity index (χ1n) is 14.5. The fourth-order valence-corrected chi connectivity index (χ4v) is 5.74. The maximum Gasteiger partial charge on any atom is 0.326 e. The van der Waals surface area contributed by atoms with Gasteiger partial charge in [-0.05, 0) is 66.9 Å². The van der Waals surface area contributed by atoms with Crippen LogP contribution < -0.4 is 10.6 Å². The number of amides is 2. The number of carboxylic acids is 1. The highest BCUT2D eigenvalue weighted by atomic mass is 16.4. The monoisotopic (exact) mass is 576 g/mol. The zero-order valence-electron chi connectivity index (χ0n) is 23.5. The molecule has 1 aliphatic rings. The first-order valence-corrected chi connectivity index (χ1v) is 14.5. The number of nitrogens with zero attached hydrogens (tertiary/aromatic N) is 2. The van der Waals surface area contributed by atoms with Gasteiger partial charge in [-0.25, -0.2) is 9.78 Å². The van der Waals surface area contributed by atoms with Crippen LogP contribution in [-0.2, 0) is 11.2 Å². The van der Waals surface area contributed by atoms with Gasteiger partial charge in [0.25, 0.3) is 11.8 Å². The van der Waals surface area contributed by atoms with Crippen molar-refractivity contribution in [2.75, 3.05) is 5.32 Å². The predicted molar refractivity (Wildman–Crippen MR) is 163 cm³/mol. The van der Waals surface area contributed by atoms with E-state index in [0.717, 1.165) is 42.6 Å². The van der Waals surface area contributed by atoms with Gasteiger partial charge >= 0.3 is 5.97 Å². The van der Waals surface area contributed by atoms with Gasteiger partial charge < -0.3 is 24.7 Å². The van der Waals surface area contributed by atoms with E-state index in [2.05, 4.69) is 15.2 Å². The molecular formula is C34H32N4O5. The summed E-state index contributed by atoms with van der Waals surface area (Å²) in [5, 5.41) is 15.4. The van der Waals surface area contributed by atoms with E-state index >= 15 is 0 Å². The number of anilines is 1. The molecule has 3 N–H and O–H groups in total. The zero-order valence-corrected chi connectivity index (χ0v) is 23.5. The Kier molecular flexibility index (Phi) is 8.04. The van der Waals surface area contributed by atoms with Crippen molar-refractivity contribution in [3.05, 3.63) is 108 Å². The molecule has 0 radical (unpaired) electrons. The second kappa shape index (κ2) is 12.4. The molecule has 0 spiro atoms. The molecule has 2 amide bonds. The number of aliphatic carboxylic acids is 1. The Labute approximate surface area is 248 Å². The molecule has 43 heavy (non-hydrogen) atoms. The normalized spacial score (nSPS) is 14.3. The molecule has 1 saturated carbocycles. The standard InChI is InChI=1S/C34H32N4O5/c39-32(23-7-3-1-4-8-23)35-26-14-11-22(12-15-26)19-29(34(41)42)37-33(40)24-13-16-30-28(20-24)36-31(25-17-18-43-21-25)38(30)27-9-5-2-6-10-27/h1,3-4,7-8,11-18,20-21,27,29H,2,5-6,9-10,19H2,(H,35,39)(H,37,40)(H,41,42). The number of carbonyl (C=O) groups excluding carboxylic acids is 2. The van der Waals surface area contributed by atoms with Crippen molar-refractivity contribution in [1.82, 2.24) is 14.9 Å². The lowest BCUT2D eigenvalue weighted by atomic mass is 9.95. The van der Waals surface area contributed by atoms with Crippen molar-refractivity contribution in [2.45, 2.75) is 50.6 Å². The quantitative estimate of drug-likeness (QED) is 0.184. The van der Waals surface area contributed by atoms with Gasteiger partial charge in [0.15, 0.2) is 0 Å². The van der Waals surface area contributed by atoms with Crippen LogP contribution in [0.15, 0.2) is 95.8 Å². The van der Waals surface area contributed by atoms with E-state index in [1.165, 1.54) is 6.42 Å². The molecule has 2 heterocycles. The summed E-state index contributed by atoms with van der Waals surface area (Å²) in [6, 6.07) is 22.2. The summed E-state index contributed by atoms with van der Waals surface area (Å²) in [5.41, 5.74) is 4.66. The summed E-state index contributed by atoms with van der Waals surface area (Å²) in [6.07, 6.45) is 9.08. The van der Waals surface area contributed by atoms with Crippen molar-refractivity contribution >= 4 is 34.5 Å². The minimum atomic E-state index is -1.14. The van der Waals surface area contributed by atoms with Gasteiger partial charge in [-0.1, -0.05) is 49.6 Å². The lowest BCUT2D eigenvalue weighted by Crippen LogP contribution is -2.42. The third kappa shape index (κ3) is 6.21. The zero-order chi connectivity index (χ0) is 29.8. The van der Waals surface area contributed by atoms with Crippen LogP contribution in [0.5, 0.6) is 0 Å². The van der Waals surface area contributed by atoms with Gasteiger partial charge in [0.1, 0.15) is 18.1 Å². The summed E-state index contributed by atoms with van der Waals surface area (Å²) < 4.78 is 7.59. The van der Waals surface area contributed by atoms with E-state index in [1.807, 2.05) is 18.2 Å². The molecule has 1 atom stereocenters. The van der Waals surface area contributed by atoms with Crippen LogP contribution in [0.4, 0.5) is 5.69 Å². The topological polar surface area (TPSA) is 126 Å². The Bertz CT molecular complexity index is 1740. The van der Waals surface area contributed by atoms with E-state index in [-0.39, 0.29) is 12.3 Å². The highest BCUT2D eigenvalue weighted by Gasteiger charge is 2.25. The predicted octanol–water partition coefficient (Wildman–Crippen LogP) is 6.48. The van der Waals surface area contributed by atoms with Gasteiger partial charge in [-0.3, -0.25) is 9.59 Å². The number of aromatic nitrogens is 2. The summed E-state index contributed by atoms with van der Waals surface area (Å²) >= 11 is 0. The third-order valence-corrected chi connectivity index (χ3v) is 7.96. The Morgan fingerprint density at radius 1 is 0.907 bits per heavy atom. The molecule has 0 saturated heterocycles. The summed E-state index contributed by atoms with van der Waals surface area (Å²) in [7, 11) is 0. The Morgan fingerprint density at radius 3 is 2.37 bits per heavy atom. The number of furan rings is 1. The second-order valence-electron chi connectivity index (χ2n) is 10.9. The molecule has 1 fully saturated rings. The molecule has 1 aliphatic carbocycles. The molecule has 0 aliphatic heterocycles. The van der Waals surface area contributed by atoms with E-state index in [0.29, 0.717) is 33.9 Å². The highest BCUT2D eigenvalue weighted by molar-refractivity contribution is 6.04. The fourth-order valence-electron chi connectivity index (χ4n) is 5.74. The molecule has 2 aromatic heterocycles. The maximum absolute atomic E-state index is 13.3. The number of carbonyl (C=O) groups is 3. The number of hydrogen-bond donors (Lipinski definition) is 3. The molecule has 218 valence electrons. The lowest BCUT2D eigenvalue weighted by molar-refractivity contribution is -0.139. The van der Waals surface area contributed by atoms with Crippen LogP contribution >= 0.6 is 0 Å². The van der Waals surface area contributed by atoms with Crippen molar-refractivity contribution in [2.24, 2.45) is 0 Å². The first kappa shape index (κ1) is 28.0. The molecular weight excluding hydrogens is 544 g/mol. The van der Waals surface area contributed by atoms with Gasteiger partial charge in [0, 0.05) is 29.3 Å². The summed E-state index contributed by atoms with van der Waals surface area (Å²) in [5.74, 6) is -1.06. The number of fused-ring (bicyclic) bond motifs is 1. The summed E-state index contributed by atoms with van der Waals surface area (Å²) in [6.45, 7) is 0. The molecule has 6 rings (SSSR count). The molecule has 9 heteroatoms. The smallest absolute Gasteiger partial charge is 0.326 e. The third-order valence-electron chi connectivity index (χ3n) is 7.96. The molecule has 5 aromatic rings. The van der Waals surface area contributed by atoms with Gasteiger partial charge in [-0.15, -0.1) is 0 Å². The van der Waals surface area contributed by atoms with Gasteiger partial charge in [0.05, 0.1) is 22.9 Å². The fraction of sp³-hybridized carbons (Fsp3) is 0.235. The number of carboxylic acid groups (broad SMARTS) is 1. The van der Waals surface area contributed by atoms with E-state index in [1.54, 1.807) is 73.2 Å². The Balaban J connectivity index is 1.17. The molecule has 3 aromatic carbocycles. The van der Waals surface area contributed by atoms with Crippen molar-refractivity contribution in [3.8, 4) is 11.4 Å². The number of benzene rings is 3. The van der Waals surface area contributed by atoms with Crippen LogP contribution in [-0.4, -0.2) is 38.5 Å². The number of hydrogen-bond acceptors (Lipinski definition) is 5. The van der Waals surface area contributed by atoms with Crippen molar-refractivity contribution < 1.29 is 23.9 Å². The van der Waals surface area contributed by atoms with E-state index in [9.17, 15) is 19.5 Å². The first-order chi connectivity index (χ1) is 21.0. The Morgan fingerprint density at radius 2 is 1.67 bits per heavy atom. The molecule has 1 unspecified atom stereocenters. The highest BCUT2D eigenvalue weighted by Crippen LogP contribution is 2.36. The lowest BCUT2D eigenvalue weighted by Gasteiger charge is -2.25. The number of rotatable bonds is 9.